The van der Waals surface area contributed by atoms with Crippen LogP contribution in [0.15, 0.2) is 12.4 Å². The highest BCUT2D eigenvalue weighted by Gasteiger charge is 2.29. The molecule has 0 radical (unpaired) electrons. The third kappa shape index (κ3) is 2.56. The Morgan fingerprint density at radius 2 is 2.33 bits per heavy atom. The van der Waals surface area contributed by atoms with Crippen molar-refractivity contribution in [1.82, 2.24) is 9.55 Å². The van der Waals surface area contributed by atoms with Crippen LogP contribution in [0.1, 0.15) is 19.7 Å². The van der Waals surface area contributed by atoms with Gasteiger partial charge in [-0.3, -0.25) is 4.79 Å². The predicted octanol–water partition coefficient (Wildman–Crippen LogP) is 0.575. The van der Waals surface area contributed by atoms with Gasteiger partial charge in [-0.05, 0) is 13.8 Å². The van der Waals surface area contributed by atoms with Crippen molar-refractivity contribution in [2.45, 2.75) is 27.0 Å². The number of methoxy groups -OCH3 is 1. The Morgan fingerprint density at radius 3 is 2.87 bits per heavy atom. The van der Waals surface area contributed by atoms with Gasteiger partial charge in [-0.1, -0.05) is 0 Å². The smallest absolute Gasteiger partial charge is 0.313 e. The van der Waals surface area contributed by atoms with Crippen LogP contribution < -0.4 is 0 Å². The van der Waals surface area contributed by atoms with E-state index in [1.54, 1.807) is 30.8 Å². The first-order valence-electron chi connectivity index (χ1n) is 4.70. The monoisotopic (exact) mass is 212 g/mol. The number of aliphatic hydroxyl groups excluding tert-OH is 1. The third-order valence-electron chi connectivity index (χ3n) is 2.25. The van der Waals surface area contributed by atoms with E-state index < -0.39 is 5.41 Å². The lowest BCUT2D eigenvalue weighted by Crippen LogP contribution is -2.31. The molecule has 0 aliphatic rings. The number of ether oxygens (including phenoxy) is 1. The van der Waals surface area contributed by atoms with E-state index >= 15 is 0 Å². The predicted molar refractivity (Wildman–Crippen MR) is 53.9 cm³/mol. The average molecular weight is 212 g/mol. The minimum Gasteiger partial charge on any atom is -0.469 e. The fourth-order valence-corrected chi connectivity index (χ4v) is 1.40. The van der Waals surface area contributed by atoms with Crippen LogP contribution in [0.5, 0.6) is 0 Å². The highest BCUT2D eigenvalue weighted by Crippen LogP contribution is 2.20. The zero-order valence-electron chi connectivity index (χ0n) is 9.23. The van der Waals surface area contributed by atoms with Crippen LogP contribution in [-0.2, 0) is 22.7 Å². The van der Waals surface area contributed by atoms with Crippen LogP contribution in [0.3, 0.4) is 0 Å². The molecular weight excluding hydrogens is 196 g/mol. The Labute approximate surface area is 88.7 Å². The molecule has 0 atom stereocenters. The maximum atomic E-state index is 11.4. The summed E-state index contributed by atoms with van der Waals surface area (Å²) in [5, 5.41) is 9.00. The van der Waals surface area contributed by atoms with Crippen LogP contribution >= 0.6 is 0 Å². The van der Waals surface area contributed by atoms with E-state index in [0.29, 0.717) is 12.4 Å². The Bertz CT molecular complexity index is 344. The first kappa shape index (κ1) is 11.7. The van der Waals surface area contributed by atoms with Gasteiger partial charge in [-0.25, -0.2) is 4.98 Å². The van der Waals surface area contributed by atoms with Gasteiger partial charge in [-0.15, -0.1) is 0 Å². The third-order valence-corrected chi connectivity index (χ3v) is 2.25. The van der Waals surface area contributed by atoms with Gasteiger partial charge in [-0.2, -0.15) is 0 Å². The molecule has 0 unspecified atom stereocenters. The molecule has 84 valence electrons. The van der Waals surface area contributed by atoms with Gasteiger partial charge < -0.3 is 14.4 Å². The second-order valence-corrected chi connectivity index (χ2v) is 4.00. The minimum absolute atomic E-state index is 0.135. The molecule has 1 heterocycles. The van der Waals surface area contributed by atoms with Crippen molar-refractivity contribution < 1.29 is 14.6 Å². The number of imidazole rings is 1. The molecule has 0 aromatic carbocycles. The Balaban J connectivity index is 2.81. The van der Waals surface area contributed by atoms with Crippen molar-refractivity contribution in [2.24, 2.45) is 5.41 Å². The number of hydrogen-bond donors (Lipinski definition) is 1. The summed E-state index contributed by atoms with van der Waals surface area (Å²) in [6.07, 6.45) is 3.33. The molecule has 0 saturated heterocycles. The second kappa shape index (κ2) is 4.44. The maximum Gasteiger partial charge on any atom is 0.313 e. The number of carbonyl (C=O) groups is 1. The molecule has 5 nitrogen and oxygen atoms in total. The first-order valence-corrected chi connectivity index (χ1v) is 4.70. The first-order chi connectivity index (χ1) is 7.01. The molecule has 0 aliphatic carbocycles. The van der Waals surface area contributed by atoms with Gasteiger partial charge >= 0.3 is 5.97 Å². The van der Waals surface area contributed by atoms with Crippen LogP contribution in [0, 0.1) is 5.41 Å². The largest absolute Gasteiger partial charge is 0.469 e. The van der Waals surface area contributed by atoms with Crippen molar-refractivity contribution in [1.29, 1.82) is 0 Å². The van der Waals surface area contributed by atoms with E-state index in [4.69, 9.17) is 9.84 Å². The van der Waals surface area contributed by atoms with Crippen molar-refractivity contribution in [3.63, 3.8) is 0 Å². The van der Waals surface area contributed by atoms with Crippen molar-refractivity contribution in [3.8, 4) is 0 Å². The van der Waals surface area contributed by atoms with Gasteiger partial charge in [0.2, 0.25) is 0 Å². The van der Waals surface area contributed by atoms with E-state index in [9.17, 15) is 4.79 Å². The number of carbonyl (C=O) groups excluding carboxylic acids is 1. The van der Waals surface area contributed by atoms with Crippen molar-refractivity contribution >= 4 is 5.97 Å². The molecule has 0 spiro atoms. The lowest BCUT2D eigenvalue weighted by molar-refractivity contribution is -0.151. The van der Waals surface area contributed by atoms with Crippen LogP contribution in [0.25, 0.3) is 0 Å². The molecular formula is C10H16N2O3. The summed E-state index contributed by atoms with van der Waals surface area (Å²) in [6, 6.07) is 0. The standard InChI is InChI=1S/C10H16N2O3/c1-10(2,9(14)15-3)7-12-5-4-11-8(12)6-13/h4-5,13H,6-7H2,1-3H3. The zero-order chi connectivity index (χ0) is 11.5. The topological polar surface area (TPSA) is 64.4 Å². The summed E-state index contributed by atoms with van der Waals surface area (Å²) in [5.74, 6) is 0.270. The van der Waals surface area contributed by atoms with Crippen molar-refractivity contribution in [3.05, 3.63) is 18.2 Å². The number of aliphatic hydroxyl groups is 1. The van der Waals surface area contributed by atoms with Gasteiger partial charge in [0.15, 0.2) is 0 Å². The summed E-state index contributed by atoms with van der Waals surface area (Å²) >= 11 is 0. The number of nitrogens with zero attached hydrogens (tertiary/aromatic N) is 2. The Kier molecular flexibility index (Phi) is 3.47. The normalized spacial score (nSPS) is 11.5. The summed E-state index contributed by atoms with van der Waals surface area (Å²) in [7, 11) is 1.37. The molecule has 1 aromatic rings. The quantitative estimate of drug-likeness (QED) is 0.741. The highest BCUT2D eigenvalue weighted by atomic mass is 16.5. The Hall–Kier alpha value is -1.36. The second-order valence-electron chi connectivity index (χ2n) is 4.00. The van der Waals surface area contributed by atoms with Crippen molar-refractivity contribution in [2.75, 3.05) is 7.11 Å². The van der Waals surface area contributed by atoms with E-state index in [0.717, 1.165) is 0 Å². The molecule has 0 aliphatic heterocycles. The summed E-state index contributed by atoms with van der Waals surface area (Å²) in [5.41, 5.74) is -0.626. The molecule has 0 fully saturated rings. The fraction of sp³-hybridized carbons (Fsp3) is 0.600. The molecule has 1 rings (SSSR count). The lowest BCUT2D eigenvalue weighted by atomic mass is 9.93. The van der Waals surface area contributed by atoms with Crippen LogP contribution in [0.2, 0.25) is 0 Å². The number of aromatic nitrogens is 2. The van der Waals surface area contributed by atoms with Gasteiger partial charge in [0.05, 0.1) is 12.5 Å². The number of esters is 1. The molecule has 0 saturated carbocycles. The molecule has 0 bridgehead atoms. The highest BCUT2D eigenvalue weighted by molar-refractivity contribution is 5.75. The summed E-state index contributed by atoms with van der Waals surface area (Å²) in [6.45, 7) is 3.89. The zero-order valence-corrected chi connectivity index (χ0v) is 9.23. The summed E-state index contributed by atoms with van der Waals surface area (Å²) < 4.78 is 6.45. The van der Waals surface area contributed by atoms with Gasteiger partial charge in [0, 0.05) is 18.9 Å². The fourth-order valence-electron chi connectivity index (χ4n) is 1.40. The van der Waals surface area contributed by atoms with E-state index in [2.05, 4.69) is 4.98 Å². The minimum atomic E-state index is -0.626. The summed E-state index contributed by atoms with van der Waals surface area (Å²) in [4.78, 5) is 15.4. The van der Waals surface area contributed by atoms with Gasteiger partial charge in [0.25, 0.3) is 0 Å². The van der Waals surface area contributed by atoms with E-state index in [-0.39, 0.29) is 12.6 Å². The maximum absolute atomic E-state index is 11.4. The molecule has 5 heteroatoms. The van der Waals surface area contributed by atoms with E-state index in [1.165, 1.54) is 7.11 Å². The molecule has 0 amide bonds. The molecule has 1 aromatic heterocycles. The van der Waals surface area contributed by atoms with E-state index in [1.807, 2.05) is 0 Å². The Morgan fingerprint density at radius 1 is 1.67 bits per heavy atom. The number of rotatable bonds is 4. The van der Waals surface area contributed by atoms with Crippen LogP contribution in [0.4, 0.5) is 0 Å². The van der Waals surface area contributed by atoms with Crippen LogP contribution in [-0.4, -0.2) is 27.7 Å². The molecule has 15 heavy (non-hydrogen) atoms. The molecule has 1 N–H and O–H groups in total. The average Bonchev–Trinajstić information content (AvgIpc) is 2.63. The number of hydrogen-bond acceptors (Lipinski definition) is 4. The lowest BCUT2D eigenvalue weighted by Gasteiger charge is -2.22. The van der Waals surface area contributed by atoms with Gasteiger partial charge in [0.1, 0.15) is 12.4 Å². The SMILES string of the molecule is COC(=O)C(C)(C)Cn1ccnc1CO.